The van der Waals surface area contributed by atoms with E-state index in [0.717, 1.165) is 83.9 Å². The number of rotatable bonds is 7. The van der Waals surface area contributed by atoms with Gasteiger partial charge in [-0.15, -0.1) is 0 Å². The highest BCUT2D eigenvalue weighted by Gasteiger charge is 2.33. The van der Waals surface area contributed by atoms with Gasteiger partial charge in [-0.3, -0.25) is 9.48 Å². The molecule has 3 aromatic carbocycles. The van der Waals surface area contributed by atoms with Gasteiger partial charge in [-0.2, -0.15) is 10.4 Å². The quantitative estimate of drug-likeness (QED) is 0.156. The molecule has 0 saturated heterocycles. The van der Waals surface area contributed by atoms with Crippen molar-refractivity contribution in [1.82, 2.24) is 18.9 Å². The second kappa shape index (κ2) is 12.6. The molecule has 0 atom stereocenters. The van der Waals surface area contributed by atoms with E-state index < -0.39 is 0 Å². The lowest BCUT2D eigenvalue weighted by molar-refractivity contribution is 0.0983. The van der Waals surface area contributed by atoms with Crippen molar-refractivity contribution in [2.75, 3.05) is 18.1 Å². The van der Waals surface area contributed by atoms with Gasteiger partial charge in [0.15, 0.2) is 0 Å². The highest BCUT2D eigenvalue weighted by molar-refractivity contribution is 6.35. The summed E-state index contributed by atoms with van der Waals surface area (Å²) >= 11 is 13.5. The number of carbonyl (C=O) groups excluding carboxylic acids is 1. The average molecular weight is 694 g/mol. The monoisotopic (exact) mass is 692 g/mol. The number of ether oxygens (including phenoxy) is 1. The lowest BCUT2D eigenvalue weighted by atomic mass is 9.98. The number of nitrogens with zero attached hydrogens (tertiary/aromatic N) is 6. The van der Waals surface area contributed by atoms with E-state index in [2.05, 4.69) is 23.6 Å². The Bertz CT molecular complexity index is 2330. The first-order chi connectivity index (χ1) is 23.5. The number of hydrogen-bond acceptors (Lipinski definition) is 4. The van der Waals surface area contributed by atoms with Gasteiger partial charge >= 0.3 is 0 Å². The first-order valence-corrected chi connectivity index (χ1v) is 17.3. The molecular weight excluding hydrogens is 655 g/mol. The second-order valence-corrected chi connectivity index (χ2v) is 13.8. The topological polar surface area (TPSA) is 81.0 Å². The van der Waals surface area contributed by atoms with Crippen LogP contribution in [-0.4, -0.2) is 38.0 Å². The van der Waals surface area contributed by atoms with Crippen LogP contribution in [0.4, 0.5) is 5.69 Å². The molecule has 0 aliphatic carbocycles. The maximum Gasteiger partial charge on any atom is 0.275 e. The van der Waals surface area contributed by atoms with Crippen LogP contribution in [0, 0.1) is 39.0 Å². The van der Waals surface area contributed by atoms with Crippen LogP contribution in [0.5, 0.6) is 5.75 Å². The Morgan fingerprint density at radius 2 is 1.71 bits per heavy atom. The van der Waals surface area contributed by atoms with Crippen LogP contribution in [0.25, 0.3) is 32.9 Å². The highest BCUT2D eigenvalue weighted by atomic mass is 35.5. The number of para-hydroxylation sites is 1. The SMILES string of the molecule is Cc1cc(OCCCc2c3n(c4c(-c5c(C)nn(C)c5C)c(Cl)ccc24)CCCN(c2cccc4c(C#N)cn(C)c24)C3=O)cc(C)c1Cl. The Morgan fingerprint density at radius 3 is 2.41 bits per heavy atom. The van der Waals surface area contributed by atoms with Gasteiger partial charge in [-0.05, 0) is 87.9 Å². The Hall–Kier alpha value is -4.71. The molecule has 0 fully saturated rings. The first-order valence-electron chi connectivity index (χ1n) is 16.6. The van der Waals surface area contributed by atoms with Crippen LogP contribution in [0.2, 0.25) is 10.0 Å². The van der Waals surface area contributed by atoms with Crippen LogP contribution in [-0.2, 0) is 27.1 Å². The zero-order valence-corrected chi connectivity index (χ0v) is 30.1. The van der Waals surface area contributed by atoms with Gasteiger partial charge in [0, 0.05) is 66.0 Å². The standard InChI is InChI=1S/C39H38Cl2N6O2/c1-22-18-27(19-23(2)35(22)41)49-17-8-11-29-30-13-14-31(40)34(33-24(3)43-45(6)25(33)4)37(30)47-16-9-15-46(39(48)38(29)47)32-12-7-10-28-26(20-42)21-44(5)36(28)32/h7,10,12-14,18-19,21H,8-9,11,15-17H2,1-6H3. The lowest BCUT2D eigenvalue weighted by Crippen LogP contribution is -2.32. The highest BCUT2D eigenvalue weighted by Crippen LogP contribution is 2.43. The number of fused-ring (bicyclic) bond motifs is 4. The number of nitriles is 1. The predicted octanol–water partition coefficient (Wildman–Crippen LogP) is 9.01. The first kappa shape index (κ1) is 32.8. The van der Waals surface area contributed by atoms with Crippen molar-refractivity contribution in [3.8, 4) is 22.9 Å². The van der Waals surface area contributed by atoms with Gasteiger partial charge < -0.3 is 18.8 Å². The molecule has 7 rings (SSSR count). The third-order valence-electron chi connectivity index (χ3n) is 9.89. The van der Waals surface area contributed by atoms with Crippen molar-refractivity contribution in [2.24, 2.45) is 14.1 Å². The van der Waals surface area contributed by atoms with E-state index in [1.807, 2.05) is 91.6 Å². The van der Waals surface area contributed by atoms with E-state index in [-0.39, 0.29) is 5.91 Å². The Labute approximate surface area is 296 Å². The minimum atomic E-state index is -0.0671. The summed E-state index contributed by atoms with van der Waals surface area (Å²) in [6.45, 7) is 9.68. The fraction of sp³-hybridized carbons (Fsp3) is 0.308. The molecule has 10 heteroatoms. The van der Waals surface area contributed by atoms with Gasteiger partial charge in [0.2, 0.25) is 0 Å². The molecule has 49 heavy (non-hydrogen) atoms. The molecule has 6 aromatic rings. The van der Waals surface area contributed by atoms with E-state index >= 15 is 4.79 Å². The third-order valence-corrected chi connectivity index (χ3v) is 10.8. The molecule has 1 aliphatic heterocycles. The summed E-state index contributed by atoms with van der Waals surface area (Å²) in [5.74, 6) is 0.716. The summed E-state index contributed by atoms with van der Waals surface area (Å²) in [7, 11) is 3.87. The van der Waals surface area contributed by atoms with Crippen molar-refractivity contribution in [3.63, 3.8) is 0 Å². The predicted molar refractivity (Wildman–Crippen MR) is 197 cm³/mol. The minimum Gasteiger partial charge on any atom is -0.494 e. The summed E-state index contributed by atoms with van der Waals surface area (Å²) in [5.41, 5.74) is 10.6. The van der Waals surface area contributed by atoms with Gasteiger partial charge in [0.25, 0.3) is 5.91 Å². The number of benzene rings is 3. The molecule has 1 amide bonds. The third kappa shape index (κ3) is 5.36. The van der Waals surface area contributed by atoms with Gasteiger partial charge in [-0.1, -0.05) is 41.4 Å². The minimum absolute atomic E-state index is 0.0671. The van der Waals surface area contributed by atoms with Crippen LogP contribution in [0.1, 0.15) is 57.0 Å². The maximum absolute atomic E-state index is 15.0. The molecule has 4 heterocycles. The van der Waals surface area contributed by atoms with Gasteiger partial charge in [0.05, 0.1) is 39.6 Å². The number of aromatic nitrogens is 4. The molecule has 0 N–H and O–H groups in total. The molecule has 1 aliphatic rings. The van der Waals surface area contributed by atoms with Crippen LogP contribution < -0.4 is 9.64 Å². The van der Waals surface area contributed by atoms with Gasteiger partial charge in [0.1, 0.15) is 17.5 Å². The summed E-state index contributed by atoms with van der Waals surface area (Å²) in [4.78, 5) is 16.9. The summed E-state index contributed by atoms with van der Waals surface area (Å²) in [6, 6.07) is 16.1. The van der Waals surface area contributed by atoms with Crippen molar-refractivity contribution in [1.29, 1.82) is 5.26 Å². The van der Waals surface area contributed by atoms with E-state index in [9.17, 15) is 5.26 Å². The van der Waals surface area contributed by atoms with E-state index in [0.29, 0.717) is 48.8 Å². The summed E-state index contributed by atoms with van der Waals surface area (Å²) < 4.78 is 12.2. The molecule has 250 valence electrons. The maximum atomic E-state index is 15.0. The van der Waals surface area contributed by atoms with E-state index in [1.54, 1.807) is 0 Å². The molecular formula is C39H38Cl2N6O2. The van der Waals surface area contributed by atoms with Crippen molar-refractivity contribution in [3.05, 3.63) is 98.0 Å². The largest absolute Gasteiger partial charge is 0.494 e. The normalized spacial score (nSPS) is 13.3. The van der Waals surface area contributed by atoms with Crippen LogP contribution in [0.15, 0.2) is 48.7 Å². The van der Waals surface area contributed by atoms with Crippen molar-refractivity contribution < 1.29 is 9.53 Å². The molecule has 0 saturated carbocycles. The Morgan fingerprint density at radius 1 is 0.959 bits per heavy atom. The molecule has 8 nitrogen and oxygen atoms in total. The van der Waals surface area contributed by atoms with Crippen molar-refractivity contribution >= 4 is 56.6 Å². The number of carbonyl (C=O) groups is 1. The molecule has 0 radical (unpaired) electrons. The number of aryl methyl sites for hydroxylation is 7. The fourth-order valence-corrected chi connectivity index (χ4v) is 7.97. The zero-order valence-electron chi connectivity index (χ0n) is 28.6. The summed E-state index contributed by atoms with van der Waals surface area (Å²) in [5, 5.41) is 17.7. The average Bonchev–Trinajstić information content (AvgIpc) is 3.62. The smallest absolute Gasteiger partial charge is 0.275 e. The number of halogens is 2. The van der Waals surface area contributed by atoms with Crippen molar-refractivity contribution in [2.45, 2.75) is 53.5 Å². The van der Waals surface area contributed by atoms with Crippen LogP contribution >= 0.6 is 23.2 Å². The number of anilines is 1. The number of amides is 1. The summed E-state index contributed by atoms with van der Waals surface area (Å²) in [6.07, 6.45) is 3.89. The molecule has 0 bridgehead atoms. The number of hydrogen-bond donors (Lipinski definition) is 0. The van der Waals surface area contributed by atoms with Crippen LogP contribution in [0.3, 0.4) is 0 Å². The molecule has 0 spiro atoms. The van der Waals surface area contributed by atoms with E-state index in [4.69, 9.17) is 33.0 Å². The van der Waals surface area contributed by atoms with E-state index in [1.165, 1.54) is 0 Å². The molecule has 3 aromatic heterocycles. The lowest BCUT2D eigenvalue weighted by Gasteiger charge is -2.23. The Kier molecular flexibility index (Phi) is 8.46. The van der Waals surface area contributed by atoms with Gasteiger partial charge in [-0.25, -0.2) is 0 Å². The molecule has 0 unspecified atom stereocenters. The fourth-order valence-electron chi connectivity index (χ4n) is 7.62. The zero-order chi connectivity index (χ0) is 34.7. The Balaban J connectivity index is 1.37. The second-order valence-electron chi connectivity index (χ2n) is 13.0.